The van der Waals surface area contributed by atoms with Crippen molar-refractivity contribution in [2.24, 2.45) is 0 Å². The lowest BCUT2D eigenvalue weighted by Crippen LogP contribution is -2.56. The Morgan fingerprint density at radius 2 is 1.72 bits per heavy atom. The standard InChI is InChI=1S/C20H22F2N2O5/c1-20(18(26)27-2,13-28-14-8-4-3-5-9-14)23-12-17(25)24-15-10-6-7-11-16(15)29-19(21)22/h3-11,19,23H,12-13H2,1-2H3,(H,24,25). The molecule has 0 bridgehead atoms. The van der Waals surface area contributed by atoms with Gasteiger partial charge in [0.1, 0.15) is 23.6 Å². The summed E-state index contributed by atoms with van der Waals surface area (Å²) in [6.07, 6.45) is 0. The molecule has 0 aliphatic heterocycles. The Balaban J connectivity index is 2.00. The minimum Gasteiger partial charge on any atom is -0.491 e. The fraction of sp³-hybridized carbons (Fsp3) is 0.300. The van der Waals surface area contributed by atoms with E-state index in [0.29, 0.717) is 5.75 Å². The van der Waals surface area contributed by atoms with Crippen LogP contribution >= 0.6 is 0 Å². The van der Waals surface area contributed by atoms with E-state index in [4.69, 9.17) is 9.47 Å². The van der Waals surface area contributed by atoms with Crippen molar-refractivity contribution in [2.45, 2.75) is 19.1 Å². The maximum atomic E-state index is 12.5. The van der Waals surface area contributed by atoms with Gasteiger partial charge in [0.05, 0.1) is 19.3 Å². The van der Waals surface area contributed by atoms with E-state index in [-0.39, 0.29) is 24.6 Å². The summed E-state index contributed by atoms with van der Waals surface area (Å²) in [5.74, 6) is -0.807. The molecule has 0 saturated heterocycles. The number of alkyl halides is 2. The molecule has 1 atom stereocenters. The summed E-state index contributed by atoms with van der Waals surface area (Å²) in [5, 5.41) is 5.26. The molecule has 29 heavy (non-hydrogen) atoms. The number of rotatable bonds is 10. The number of nitrogens with one attached hydrogen (secondary N) is 2. The molecule has 1 amide bonds. The van der Waals surface area contributed by atoms with Crippen molar-refractivity contribution < 1.29 is 32.6 Å². The van der Waals surface area contributed by atoms with Gasteiger partial charge in [-0.15, -0.1) is 0 Å². The molecule has 0 aliphatic rings. The van der Waals surface area contributed by atoms with Gasteiger partial charge in [-0.25, -0.2) is 4.79 Å². The number of esters is 1. The first-order chi connectivity index (χ1) is 13.8. The summed E-state index contributed by atoms with van der Waals surface area (Å²) in [4.78, 5) is 24.5. The second-order valence-electron chi connectivity index (χ2n) is 6.20. The highest BCUT2D eigenvalue weighted by atomic mass is 19.3. The largest absolute Gasteiger partial charge is 0.491 e. The molecule has 0 fully saturated rings. The zero-order valence-corrected chi connectivity index (χ0v) is 16.0. The van der Waals surface area contributed by atoms with E-state index < -0.39 is 24.0 Å². The molecule has 1 unspecified atom stereocenters. The van der Waals surface area contributed by atoms with Crippen LogP contribution in [0.5, 0.6) is 11.5 Å². The van der Waals surface area contributed by atoms with Gasteiger partial charge in [-0.2, -0.15) is 8.78 Å². The summed E-state index contributed by atoms with van der Waals surface area (Å²) in [6, 6.07) is 14.6. The van der Waals surface area contributed by atoms with Crippen LogP contribution in [-0.4, -0.2) is 44.3 Å². The number of para-hydroxylation sites is 3. The highest BCUT2D eigenvalue weighted by Crippen LogP contribution is 2.25. The van der Waals surface area contributed by atoms with Gasteiger partial charge < -0.3 is 19.5 Å². The van der Waals surface area contributed by atoms with E-state index in [9.17, 15) is 18.4 Å². The fourth-order valence-electron chi connectivity index (χ4n) is 2.39. The molecule has 7 nitrogen and oxygen atoms in total. The van der Waals surface area contributed by atoms with E-state index in [1.165, 1.54) is 32.2 Å². The number of anilines is 1. The van der Waals surface area contributed by atoms with Crippen molar-refractivity contribution in [3.8, 4) is 11.5 Å². The number of carbonyl (C=O) groups is 2. The average Bonchev–Trinajstić information content (AvgIpc) is 2.72. The monoisotopic (exact) mass is 408 g/mol. The van der Waals surface area contributed by atoms with Crippen LogP contribution in [-0.2, 0) is 14.3 Å². The highest BCUT2D eigenvalue weighted by molar-refractivity contribution is 5.94. The summed E-state index contributed by atoms with van der Waals surface area (Å²) < 4.78 is 39.7. The van der Waals surface area contributed by atoms with Crippen LogP contribution in [0.1, 0.15) is 6.92 Å². The summed E-state index contributed by atoms with van der Waals surface area (Å²) in [7, 11) is 1.22. The lowest BCUT2D eigenvalue weighted by atomic mass is 10.0. The third-order valence-electron chi connectivity index (χ3n) is 3.92. The fourth-order valence-corrected chi connectivity index (χ4v) is 2.39. The molecule has 2 aromatic carbocycles. The number of benzene rings is 2. The lowest BCUT2D eigenvalue weighted by Gasteiger charge is -2.27. The maximum Gasteiger partial charge on any atom is 0.387 e. The Morgan fingerprint density at radius 1 is 1.07 bits per heavy atom. The zero-order chi connectivity index (χ0) is 21.3. The number of methoxy groups -OCH3 is 1. The first-order valence-electron chi connectivity index (χ1n) is 8.69. The Morgan fingerprint density at radius 3 is 2.38 bits per heavy atom. The van der Waals surface area contributed by atoms with Gasteiger partial charge in [-0.3, -0.25) is 10.1 Å². The minimum atomic E-state index is -3.02. The Labute approximate surface area is 167 Å². The number of carbonyl (C=O) groups excluding carboxylic acids is 2. The van der Waals surface area contributed by atoms with Gasteiger partial charge in [-0.05, 0) is 31.2 Å². The normalized spacial score (nSPS) is 12.7. The van der Waals surface area contributed by atoms with Gasteiger partial charge in [0, 0.05) is 0 Å². The van der Waals surface area contributed by atoms with Crippen molar-refractivity contribution in [2.75, 3.05) is 25.6 Å². The number of ether oxygens (including phenoxy) is 3. The van der Waals surface area contributed by atoms with Gasteiger partial charge >= 0.3 is 12.6 Å². The molecular weight excluding hydrogens is 386 g/mol. The molecule has 9 heteroatoms. The summed E-state index contributed by atoms with van der Waals surface area (Å²) in [6.45, 7) is -1.89. The number of amides is 1. The van der Waals surface area contributed by atoms with E-state index in [0.717, 1.165) is 0 Å². The Kier molecular flexibility index (Phi) is 7.90. The van der Waals surface area contributed by atoms with Crippen molar-refractivity contribution >= 4 is 17.6 Å². The molecular formula is C20H22F2N2O5. The van der Waals surface area contributed by atoms with Crippen LogP contribution in [0.2, 0.25) is 0 Å². The molecule has 0 radical (unpaired) electrons. The van der Waals surface area contributed by atoms with E-state index >= 15 is 0 Å². The Bertz CT molecular complexity index is 820. The SMILES string of the molecule is COC(=O)C(C)(COc1ccccc1)NCC(=O)Nc1ccccc1OC(F)F. The molecule has 0 saturated carbocycles. The van der Waals surface area contributed by atoms with E-state index in [1.807, 2.05) is 6.07 Å². The first-order valence-corrected chi connectivity index (χ1v) is 8.69. The number of halogens is 2. The van der Waals surface area contributed by atoms with Crippen LogP contribution in [0.4, 0.5) is 14.5 Å². The van der Waals surface area contributed by atoms with Crippen molar-refractivity contribution in [1.29, 1.82) is 0 Å². The van der Waals surface area contributed by atoms with Gasteiger partial charge in [0.25, 0.3) is 0 Å². The molecule has 2 aromatic rings. The smallest absolute Gasteiger partial charge is 0.387 e. The van der Waals surface area contributed by atoms with Crippen LogP contribution < -0.4 is 20.1 Å². The molecule has 0 spiro atoms. The average molecular weight is 408 g/mol. The zero-order valence-electron chi connectivity index (χ0n) is 16.0. The second kappa shape index (κ2) is 10.4. The third kappa shape index (κ3) is 6.72. The first kappa shape index (κ1) is 22.1. The second-order valence-corrected chi connectivity index (χ2v) is 6.20. The lowest BCUT2D eigenvalue weighted by molar-refractivity contribution is -0.149. The molecule has 2 N–H and O–H groups in total. The molecule has 0 aromatic heterocycles. The van der Waals surface area contributed by atoms with Crippen molar-refractivity contribution in [3.63, 3.8) is 0 Å². The van der Waals surface area contributed by atoms with Crippen molar-refractivity contribution in [1.82, 2.24) is 5.32 Å². The molecule has 0 heterocycles. The van der Waals surface area contributed by atoms with Gasteiger partial charge in [0.15, 0.2) is 0 Å². The molecule has 2 rings (SSSR count). The van der Waals surface area contributed by atoms with Gasteiger partial charge in [0.2, 0.25) is 5.91 Å². The quantitative estimate of drug-likeness (QED) is 0.588. The predicted molar refractivity (Wildman–Crippen MR) is 102 cm³/mol. The predicted octanol–water partition coefficient (Wildman–Crippen LogP) is 2.83. The molecule has 156 valence electrons. The van der Waals surface area contributed by atoms with E-state index in [1.54, 1.807) is 30.3 Å². The van der Waals surface area contributed by atoms with Crippen LogP contribution in [0.25, 0.3) is 0 Å². The van der Waals surface area contributed by atoms with Crippen LogP contribution in [0, 0.1) is 0 Å². The molecule has 0 aliphatic carbocycles. The highest BCUT2D eigenvalue weighted by Gasteiger charge is 2.35. The third-order valence-corrected chi connectivity index (χ3v) is 3.92. The van der Waals surface area contributed by atoms with Crippen molar-refractivity contribution in [3.05, 3.63) is 54.6 Å². The summed E-state index contributed by atoms with van der Waals surface area (Å²) >= 11 is 0. The van der Waals surface area contributed by atoms with Gasteiger partial charge in [-0.1, -0.05) is 30.3 Å². The topological polar surface area (TPSA) is 85.9 Å². The maximum absolute atomic E-state index is 12.5. The van der Waals surface area contributed by atoms with E-state index in [2.05, 4.69) is 15.4 Å². The summed E-state index contributed by atoms with van der Waals surface area (Å²) in [5.41, 5.74) is -1.24. The Hall–Kier alpha value is -3.20. The van der Waals surface area contributed by atoms with Crippen LogP contribution in [0.15, 0.2) is 54.6 Å². The van der Waals surface area contributed by atoms with Crippen LogP contribution in [0.3, 0.4) is 0 Å². The number of hydrogen-bond acceptors (Lipinski definition) is 6. The minimum absolute atomic E-state index is 0.0832. The number of hydrogen-bond donors (Lipinski definition) is 2.